The number of carbonyl (C=O) groups excluding carboxylic acids is 2. The summed E-state index contributed by atoms with van der Waals surface area (Å²) in [6, 6.07) is 11.2. The van der Waals surface area contributed by atoms with Gasteiger partial charge in [0.05, 0.1) is 6.61 Å². The lowest BCUT2D eigenvalue weighted by Crippen LogP contribution is -2.35. The highest BCUT2D eigenvalue weighted by atomic mass is 32.1. The molecule has 0 fully saturated rings. The smallest absolute Gasteiger partial charge is 0.348 e. The molecule has 0 bridgehead atoms. The molecule has 0 radical (unpaired) electrons. The quantitative estimate of drug-likeness (QED) is 0.818. The van der Waals surface area contributed by atoms with Crippen LogP contribution in [0.2, 0.25) is 0 Å². The van der Waals surface area contributed by atoms with Crippen LogP contribution in [0.3, 0.4) is 0 Å². The molecule has 1 amide bonds. The van der Waals surface area contributed by atoms with E-state index in [1.807, 2.05) is 41.3 Å². The average Bonchev–Trinajstić information content (AvgIpc) is 2.98. The lowest BCUT2D eigenvalue weighted by molar-refractivity contribution is 0.0532. The van der Waals surface area contributed by atoms with E-state index in [2.05, 4.69) is 0 Å². The molecule has 114 valence electrons. The molecule has 0 saturated carbocycles. The van der Waals surface area contributed by atoms with E-state index in [4.69, 9.17) is 4.74 Å². The van der Waals surface area contributed by atoms with Crippen LogP contribution in [0.5, 0.6) is 0 Å². The van der Waals surface area contributed by atoms with E-state index in [1.165, 1.54) is 16.2 Å². The van der Waals surface area contributed by atoms with Crippen LogP contribution in [0.25, 0.3) is 0 Å². The average molecular weight is 315 g/mol. The van der Waals surface area contributed by atoms with Gasteiger partial charge in [0.15, 0.2) is 0 Å². The molecule has 0 N–H and O–H groups in total. The Morgan fingerprint density at radius 2 is 2.05 bits per heavy atom. The van der Waals surface area contributed by atoms with Gasteiger partial charge in [-0.25, -0.2) is 4.79 Å². The molecule has 1 aromatic carbocycles. The minimum atomic E-state index is -0.275. The maximum Gasteiger partial charge on any atom is 0.348 e. The first-order valence-corrected chi connectivity index (χ1v) is 8.13. The van der Waals surface area contributed by atoms with Crippen LogP contribution < -0.4 is 0 Å². The van der Waals surface area contributed by atoms with Crippen molar-refractivity contribution in [1.29, 1.82) is 0 Å². The SMILES string of the molecule is CCOC(=O)c1cc2c(s1)CCN(C(=O)c1ccccc1)C2. The second-order valence-electron chi connectivity index (χ2n) is 5.12. The van der Waals surface area contributed by atoms with Gasteiger partial charge in [-0.3, -0.25) is 4.79 Å². The molecule has 2 heterocycles. The Morgan fingerprint density at radius 1 is 1.27 bits per heavy atom. The molecule has 0 aliphatic carbocycles. The van der Waals surface area contributed by atoms with Crippen LogP contribution in [0.15, 0.2) is 36.4 Å². The first-order valence-electron chi connectivity index (χ1n) is 7.32. The van der Waals surface area contributed by atoms with Crippen LogP contribution in [0.1, 0.15) is 37.4 Å². The predicted molar refractivity (Wildman–Crippen MR) is 85.2 cm³/mol. The molecule has 0 unspecified atom stereocenters. The van der Waals surface area contributed by atoms with E-state index in [0.29, 0.717) is 30.1 Å². The fraction of sp³-hybridized carbons (Fsp3) is 0.294. The minimum absolute atomic E-state index is 0.0372. The van der Waals surface area contributed by atoms with Gasteiger partial charge in [0.2, 0.25) is 0 Å². The fourth-order valence-electron chi connectivity index (χ4n) is 2.57. The monoisotopic (exact) mass is 315 g/mol. The van der Waals surface area contributed by atoms with Crippen molar-refractivity contribution in [3.63, 3.8) is 0 Å². The van der Waals surface area contributed by atoms with Crippen molar-refractivity contribution < 1.29 is 14.3 Å². The first-order chi connectivity index (χ1) is 10.7. The Kier molecular flexibility index (Phi) is 4.24. The van der Waals surface area contributed by atoms with Gasteiger partial charge in [-0.1, -0.05) is 18.2 Å². The van der Waals surface area contributed by atoms with Crippen LogP contribution in [0.4, 0.5) is 0 Å². The maximum atomic E-state index is 12.5. The van der Waals surface area contributed by atoms with Crippen molar-refractivity contribution in [1.82, 2.24) is 4.90 Å². The first kappa shape index (κ1) is 14.8. The second-order valence-corrected chi connectivity index (χ2v) is 6.26. The Labute approximate surface area is 133 Å². The highest BCUT2D eigenvalue weighted by Gasteiger charge is 2.25. The zero-order valence-electron chi connectivity index (χ0n) is 12.4. The van der Waals surface area contributed by atoms with Crippen molar-refractivity contribution in [2.75, 3.05) is 13.2 Å². The highest BCUT2D eigenvalue weighted by Crippen LogP contribution is 2.29. The van der Waals surface area contributed by atoms with Crippen molar-refractivity contribution in [2.24, 2.45) is 0 Å². The summed E-state index contributed by atoms with van der Waals surface area (Å²) in [5, 5.41) is 0. The number of ether oxygens (including phenoxy) is 1. The van der Waals surface area contributed by atoms with E-state index in [1.54, 1.807) is 6.92 Å². The number of hydrogen-bond donors (Lipinski definition) is 0. The summed E-state index contributed by atoms with van der Waals surface area (Å²) in [4.78, 5) is 27.9. The Balaban J connectivity index is 1.76. The van der Waals surface area contributed by atoms with Crippen LogP contribution in [-0.2, 0) is 17.7 Å². The van der Waals surface area contributed by atoms with E-state index in [0.717, 1.165) is 12.0 Å². The van der Waals surface area contributed by atoms with Crippen molar-refractivity contribution in [3.8, 4) is 0 Å². The minimum Gasteiger partial charge on any atom is -0.462 e. The summed E-state index contributed by atoms with van der Waals surface area (Å²) in [6.45, 7) is 3.41. The molecular weight excluding hydrogens is 298 g/mol. The summed E-state index contributed by atoms with van der Waals surface area (Å²) in [5.41, 5.74) is 1.76. The van der Waals surface area contributed by atoms with Gasteiger partial charge < -0.3 is 9.64 Å². The van der Waals surface area contributed by atoms with Gasteiger partial charge in [-0.15, -0.1) is 11.3 Å². The number of amides is 1. The standard InChI is InChI=1S/C17H17NO3S/c1-2-21-17(20)15-10-13-11-18(9-8-14(13)22-15)16(19)12-6-4-3-5-7-12/h3-7,10H,2,8-9,11H2,1H3. The number of carbonyl (C=O) groups is 2. The zero-order valence-corrected chi connectivity index (χ0v) is 13.2. The lowest BCUT2D eigenvalue weighted by Gasteiger charge is -2.27. The molecule has 3 rings (SSSR count). The molecule has 4 nitrogen and oxygen atoms in total. The van der Waals surface area contributed by atoms with Crippen molar-refractivity contribution in [3.05, 3.63) is 57.3 Å². The van der Waals surface area contributed by atoms with Gasteiger partial charge in [-0.2, -0.15) is 0 Å². The third-order valence-electron chi connectivity index (χ3n) is 3.65. The predicted octanol–water partition coefficient (Wildman–Crippen LogP) is 3.12. The van der Waals surface area contributed by atoms with Gasteiger partial charge in [0.25, 0.3) is 5.91 Å². The van der Waals surface area contributed by atoms with E-state index < -0.39 is 0 Å². The third kappa shape index (κ3) is 2.90. The summed E-state index contributed by atoms with van der Waals surface area (Å²) in [6.07, 6.45) is 0.790. The normalized spacial score (nSPS) is 13.6. The summed E-state index contributed by atoms with van der Waals surface area (Å²) in [5.74, 6) is -0.238. The maximum absolute atomic E-state index is 12.5. The summed E-state index contributed by atoms with van der Waals surface area (Å²) in [7, 11) is 0. The van der Waals surface area contributed by atoms with E-state index >= 15 is 0 Å². The number of fused-ring (bicyclic) bond motifs is 1. The van der Waals surface area contributed by atoms with Gasteiger partial charge in [0, 0.05) is 23.5 Å². The molecule has 22 heavy (non-hydrogen) atoms. The topological polar surface area (TPSA) is 46.6 Å². The number of nitrogens with zero attached hydrogens (tertiary/aromatic N) is 1. The Morgan fingerprint density at radius 3 is 2.77 bits per heavy atom. The molecule has 1 aliphatic heterocycles. The molecule has 2 aromatic rings. The second kappa shape index (κ2) is 6.32. The zero-order chi connectivity index (χ0) is 15.5. The molecule has 0 saturated heterocycles. The third-order valence-corrected chi connectivity index (χ3v) is 4.87. The Hall–Kier alpha value is -2.14. The van der Waals surface area contributed by atoms with Crippen LogP contribution in [0, 0.1) is 0 Å². The lowest BCUT2D eigenvalue weighted by atomic mass is 10.1. The number of rotatable bonds is 3. The number of benzene rings is 1. The van der Waals surface area contributed by atoms with Crippen LogP contribution in [-0.4, -0.2) is 29.9 Å². The highest BCUT2D eigenvalue weighted by molar-refractivity contribution is 7.14. The van der Waals surface area contributed by atoms with Gasteiger partial charge in [-0.05, 0) is 37.1 Å². The molecule has 0 spiro atoms. The summed E-state index contributed by atoms with van der Waals surface area (Å²) >= 11 is 1.48. The molecule has 0 atom stereocenters. The molecule has 1 aliphatic rings. The van der Waals surface area contributed by atoms with Gasteiger partial charge in [0.1, 0.15) is 4.88 Å². The number of thiophene rings is 1. The fourth-order valence-corrected chi connectivity index (χ4v) is 3.63. The number of esters is 1. The number of hydrogen-bond acceptors (Lipinski definition) is 4. The Bertz CT molecular complexity index is 693. The van der Waals surface area contributed by atoms with E-state index in [9.17, 15) is 9.59 Å². The van der Waals surface area contributed by atoms with Crippen LogP contribution >= 0.6 is 11.3 Å². The molecular formula is C17H17NO3S. The molecule has 5 heteroatoms. The largest absolute Gasteiger partial charge is 0.462 e. The van der Waals surface area contributed by atoms with Crippen molar-refractivity contribution >= 4 is 23.2 Å². The summed E-state index contributed by atoms with van der Waals surface area (Å²) < 4.78 is 5.04. The van der Waals surface area contributed by atoms with Gasteiger partial charge >= 0.3 is 5.97 Å². The van der Waals surface area contributed by atoms with E-state index in [-0.39, 0.29) is 11.9 Å². The van der Waals surface area contributed by atoms with Crippen molar-refractivity contribution in [2.45, 2.75) is 19.9 Å². The molecule has 1 aromatic heterocycles.